The lowest BCUT2D eigenvalue weighted by atomic mass is 10.0. The van der Waals surface area contributed by atoms with Crippen molar-refractivity contribution in [3.8, 4) is 0 Å². The van der Waals surface area contributed by atoms with Crippen LogP contribution < -0.4 is 5.32 Å². The average molecular weight is 405 g/mol. The van der Waals surface area contributed by atoms with E-state index in [0.717, 1.165) is 9.86 Å². The standard InChI is InChI=1S/C18H17BrN2O4/c1-18(23,16-4-3-7-25-16)10-20-14-9-15(17(22)24-2)21-13-6-5-11(19)8-12(13)14/h3-9,23H,10H2,1-2H3,(H,20,21). The summed E-state index contributed by atoms with van der Waals surface area (Å²) in [4.78, 5) is 16.2. The molecule has 0 aliphatic carbocycles. The lowest BCUT2D eigenvalue weighted by molar-refractivity contribution is 0.0477. The second-order valence-corrected chi connectivity index (χ2v) is 6.73. The Morgan fingerprint density at radius 1 is 1.40 bits per heavy atom. The number of hydrogen-bond acceptors (Lipinski definition) is 6. The number of pyridine rings is 1. The van der Waals surface area contributed by atoms with Crippen LogP contribution in [0.3, 0.4) is 0 Å². The van der Waals surface area contributed by atoms with E-state index >= 15 is 0 Å². The first-order chi connectivity index (χ1) is 11.9. The normalized spacial score (nSPS) is 13.4. The van der Waals surface area contributed by atoms with Gasteiger partial charge in [-0.1, -0.05) is 15.9 Å². The van der Waals surface area contributed by atoms with E-state index in [1.807, 2.05) is 18.2 Å². The van der Waals surface area contributed by atoms with Crippen molar-refractivity contribution in [1.82, 2.24) is 4.98 Å². The van der Waals surface area contributed by atoms with Gasteiger partial charge in [0.2, 0.25) is 0 Å². The predicted molar refractivity (Wildman–Crippen MR) is 97.6 cm³/mol. The zero-order valence-electron chi connectivity index (χ0n) is 13.7. The first-order valence-electron chi connectivity index (χ1n) is 7.59. The van der Waals surface area contributed by atoms with Crippen molar-refractivity contribution in [3.05, 3.63) is 58.6 Å². The number of halogens is 1. The van der Waals surface area contributed by atoms with Gasteiger partial charge in [0.15, 0.2) is 5.69 Å². The van der Waals surface area contributed by atoms with Crippen LogP contribution in [0.5, 0.6) is 0 Å². The van der Waals surface area contributed by atoms with Crippen molar-refractivity contribution in [2.45, 2.75) is 12.5 Å². The summed E-state index contributed by atoms with van der Waals surface area (Å²) in [6.45, 7) is 1.84. The van der Waals surface area contributed by atoms with Gasteiger partial charge >= 0.3 is 5.97 Å². The molecular weight excluding hydrogens is 388 g/mol. The Kier molecular flexibility index (Phi) is 4.78. The van der Waals surface area contributed by atoms with Gasteiger partial charge in [0.05, 0.1) is 25.4 Å². The van der Waals surface area contributed by atoms with E-state index in [0.29, 0.717) is 17.0 Å². The summed E-state index contributed by atoms with van der Waals surface area (Å²) in [6.07, 6.45) is 1.51. The largest absolute Gasteiger partial charge is 0.466 e. The Labute approximate surface area is 152 Å². The molecule has 6 nitrogen and oxygen atoms in total. The minimum atomic E-state index is -1.21. The van der Waals surface area contributed by atoms with E-state index in [9.17, 15) is 9.90 Å². The number of anilines is 1. The molecule has 0 amide bonds. The first-order valence-corrected chi connectivity index (χ1v) is 8.39. The molecule has 0 spiro atoms. The Hall–Kier alpha value is -2.38. The van der Waals surface area contributed by atoms with Crippen LogP contribution in [0.2, 0.25) is 0 Å². The van der Waals surface area contributed by atoms with E-state index in [-0.39, 0.29) is 12.2 Å². The van der Waals surface area contributed by atoms with Crippen LogP contribution in [0.15, 0.2) is 51.6 Å². The number of furan rings is 1. The Morgan fingerprint density at radius 3 is 2.88 bits per heavy atom. The topological polar surface area (TPSA) is 84.6 Å². The number of rotatable bonds is 5. The van der Waals surface area contributed by atoms with Crippen molar-refractivity contribution >= 4 is 38.5 Å². The quantitative estimate of drug-likeness (QED) is 0.630. The number of aromatic nitrogens is 1. The summed E-state index contributed by atoms with van der Waals surface area (Å²) in [5.41, 5.74) is 0.290. The predicted octanol–water partition coefficient (Wildman–Crippen LogP) is 3.70. The second-order valence-electron chi connectivity index (χ2n) is 5.81. The number of carbonyl (C=O) groups is 1. The van der Waals surface area contributed by atoms with Gasteiger partial charge in [0, 0.05) is 15.5 Å². The SMILES string of the molecule is COC(=O)c1cc(NCC(C)(O)c2ccco2)c2cc(Br)ccc2n1. The van der Waals surface area contributed by atoms with Crippen molar-refractivity contribution in [2.75, 3.05) is 19.0 Å². The molecular formula is C18H17BrN2O4. The highest BCUT2D eigenvalue weighted by Gasteiger charge is 2.26. The molecule has 0 saturated carbocycles. The summed E-state index contributed by atoms with van der Waals surface area (Å²) in [5, 5.41) is 14.6. The maximum atomic E-state index is 11.9. The Morgan fingerprint density at radius 2 is 2.20 bits per heavy atom. The molecule has 0 saturated heterocycles. The van der Waals surface area contributed by atoms with Crippen molar-refractivity contribution in [3.63, 3.8) is 0 Å². The lowest BCUT2D eigenvalue weighted by Gasteiger charge is -2.22. The van der Waals surface area contributed by atoms with Gasteiger partial charge in [0.25, 0.3) is 0 Å². The van der Waals surface area contributed by atoms with E-state index in [1.165, 1.54) is 13.4 Å². The highest BCUT2D eigenvalue weighted by molar-refractivity contribution is 9.10. The summed E-state index contributed by atoms with van der Waals surface area (Å²) < 4.78 is 10.9. The van der Waals surface area contributed by atoms with E-state index in [2.05, 4.69) is 26.2 Å². The van der Waals surface area contributed by atoms with Gasteiger partial charge < -0.3 is 19.6 Å². The number of methoxy groups -OCH3 is 1. The summed E-state index contributed by atoms with van der Waals surface area (Å²) in [5.74, 6) is -0.0709. The van der Waals surface area contributed by atoms with Crippen LogP contribution in [0.4, 0.5) is 5.69 Å². The van der Waals surface area contributed by atoms with E-state index in [1.54, 1.807) is 25.1 Å². The Bertz CT molecular complexity index is 907. The first kappa shape index (κ1) is 17.4. The van der Waals surface area contributed by atoms with Crippen molar-refractivity contribution in [2.24, 2.45) is 0 Å². The monoisotopic (exact) mass is 404 g/mol. The molecule has 0 radical (unpaired) electrons. The number of aliphatic hydroxyl groups is 1. The maximum Gasteiger partial charge on any atom is 0.356 e. The third-order valence-electron chi connectivity index (χ3n) is 3.84. The third-order valence-corrected chi connectivity index (χ3v) is 4.33. The smallest absolute Gasteiger partial charge is 0.356 e. The van der Waals surface area contributed by atoms with Crippen LogP contribution in [0.1, 0.15) is 23.2 Å². The molecule has 0 aliphatic rings. The minimum absolute atomic E-state index is 0.187. The number of ether oxygens (including phenoxy) is 1. The van der Waals surface area contributed by atoms with Gasteiger partial charge in [-0.05, 0) is 43.3 Å². The molecule has 7 heteroatoms. The summed E-state index contributed by atoms with van der Waals surface area (Å²) in [6, 6.07) is 10.6. The maximum absolute atomic E-state index is 11.9. The van der Waals surface area contributed by atoms with Gasteiger partial charge in [-0.3, -0.25) is 0 Å². The number of fused-ring (bicyclic) bond motifs is 1. The molecule has 1 unspecified atom stereocenters. The average Bonchev–Trinajstić information content (AvgIpc) is 3.14. The number of nitrogens with one attached hydrogen (secondary N) is 1. The lowest BCUT2D eigenvalue weighted by Crippen LogP contribution is -2.30. The van der Waals surface area contributed by atoms with E-state index < -0.39 is 11.6 Å². The van der Waals surface area contributed by atoms with Crippen molar-refractivity contribution < 1.29 is 19.1 Å². The van der Waals surface area contributed by atoms with Crippen LogP contribution in [0, 0.1) is 0 Å². The van der Waals surface area contributed by atoms with Crippen LogP contribution in [0.25, 0.3) is 10.9 Å². The molecule has 2 aromatic heterocycles. The molecule has 3 rings (SSSR count). The van der Waals surface area contributed by atoms with Gasteiger partial charge in [-0.15, -0.1) is 0 Å². The highest BCUT2D eigenvalue weighted by atomic mass is 79.9. The van der Waals surface area contributed by atoms with E-state index in [4.69, 9.17) is 9.15 Å². The zero-order chi connectivity index (χ0) is 18.0. The molecule has 2 heterocycles. The van der Waals surface area contributed by atoms with Crippen LogP contribution in [-0.2, 0) is 10.3 Å². The number of benzene rings is 1. The molecule has 2 N–H and O–H groups in total. The van der Waals surface area contributed by atoms with Crippen molar-refractivity contribution in [1.29, 1.82) is 0 Å². The van der Waals surface area contributed by atoms with Crippen LogP contribution >= 0.6 is 15.9 Å². The Balaban J connectivity index is 1.98. The number of hydrogen-bond donors (Lipinski definition) is 2. The molecule has 130 valence electrons. The van der Waals surface area contributed by atoms with Gasteiger partial charge in [0.1, 0.15) is 11.4 Å². The molecule has 0 fully saturated rings. The summed E-state index contributed by atoms with van der Waals surface area (Å²) >= 11 is 3.44. The number of esters is 1. The van der Waals surface area contributed by atoms with Crippen LogP contribution in [-0.4, -0.2) is 29.7 Å². The zero-order valence-corrected chi connectivity index (χ0v) is 15.3. The van der Waals surface area contributed by atoms with Gasteiger partial charge in [-0.25, -0.2) is 9.78 Å². The summed E-state index contributed by atoms with van der Waals surface area (Å²) in [7, 11) is 1.31. The number of carbonyl (C=O) groups excluding carboxylic acids is 1. The molecule has 0 aliphatic heterocycles. The highest BCUT2D eigenvalue weighted by Crippen LogP contribution is 2.29. The number of nitrogens with zero attached hydrogens (tertiary/aromatic N) is 1. The second kappa shape index (κ2) is 6.85. The molecule has 3 aromatic rings. The third kappa shape index (κ3) is 3.67. The molecule has 25 heavy (non-hydrogen) atoms. The molecule has 0 bridgehead atoms. The molecule has 1 aromatic carbocycles. The minimum Gasteiger partial charge on any atom is -0.466 e. The fourth-order valence-electron chi connectivity index (χ4n) is 2.49. The fraction of sp³-hybridized carbons (Fsp3) is 0.222. The van der Waals surface area contributed by atoms with Gasteiger partial charge in [-0.2, -0.15) is 0 Å². The molecule has 1 atom stereocenters. The fourth-order valence-corrected chi connectivity index (χ4v) is 2.85.